The highest BCUT2D eigenvalue weighted by atomic mass is 32.2. The lowest BCUT2D eigenvalue weighted by Gasteiger charge is -2.20. The van der Waals surface area contributed by atoms with Gasteiger partial charge >= 0.3 is 0 Å². The standard InChI is InChI=1S/C24H21N5OS/c1-3-21-27-29-22(25)19(23(30)26-24(29)31-21)12-17-14-28(20-11-7-6-10-18(17)20)13-16-9-5-4-8-15(16)2/h4-12,14,25H,3,13H2,1-2H3. The van der Waals surface area contributed by atoms with Crippen molar-refractivity contribution in [3.05, 3.63) is 77.0 Å². The van der Waals surface area contributed by atoms with E-state index in [1.165, 1.54) is 27.9 Å². The maximum absolute atomic E-state index is 12.7. The molecule has 154 valence electrons. The van der Waals surface area contributed by atoms with Crippen LogP contribution in [0.5, 0.6) is 0 Å². The Hall–Kier alpha value is -3.45. The second-order valence-corrected chi connectivity index (χ2v) is 8.56. The van der Waals surface area contributed by atoms with Gasteiger partial charge in [-0.25, -0.2) is 0 Å². The minimum absolute atomic E-state index is 0.0710. The van der Waals surface area contributed by atoms with Gasteiger partial charge < -0.3 is 4.57 Å². The number of carbonyl (C=O) groups excluding carboxylic acids is 1. The maximum Gasteiger partial charge on any atom is 0.283 e. The molecular weight excluding hydrogens is 406 g/mol. The van der Waals surface area contributed by atoms with Gasteiger partial charge in [-0.1, -0.05) is 49.4 Å². The van der Waals surface area contributed by atoms with E-state index in [4.69, 9.17) is 5.41 Å². The average molecular weight is 428 g/mol. The molecule has 1 amide bonds. The van der Waals surface area contributed by atoms with Crippen molar-refractivity contribution in [2.24, 2.45) is 10.1 Å². The highest BCUT2D eigenvalue weighted by molar-refractivity contribution is 8.26. The molecule has 31 heavy (non-hydrogen) atoms. The van der Waals surface area contributed by atoms with Gasteiger partial charge in [0.05, 0.1) is 5.57 Å². The zero-order chi connectivity index (χ0) is 21.5. The maximum atomic E-state index is 12.7. The minimum atomic E-state index is -0.396. The van der Waals surface area contributed by atoms with Crippen molar-refractivity contribution in [3.8, 4) is 0 Å². The third kappa shape index (κ3) is 3.41. The number of aromatic nitrogens is 1. The monoisotopic (exact) mass is 427 g/mol. The van der Waals surface area contributed by atoms with Crippen LogP contribution in [0.15, 0.2) is 70.4 Å². The first kappa shape index (κ1) is 19.5. The Bertz CT molecular complexity index is 1330. The van der Waals surface area contributed by atoms with E-state index in [0.29, 0.717) is 5.17 Å². The third-order valence-electron chi connectivity index (χ3n) is 5.52. The number of aryl methyl sites for hydroxylation is 1. The summed E-state index contributed by atoms with van der Waals surface area (Å²) in [5, 5.41) is 16.8. The molecule has 0 bridgehead atoms. The summed E-state index contributed by atoms with van der Waals surface area (Å²) in [6, 6.07) is 16.5. The molecule has 3 heterocycles. The normalized spacial score (nSPS) is 17.4. The van der Waals surface area contributed by atoms with E-state index in [2.05, 4.69) is 39.8 Å². The summed E-state index contributed by atoms with van der Waals surface area (Å²) < 4.78 is 2.19. The van der Waals surface area contributed by atoms with Crippen LogP contribution in [0.25, 0.3) is 17.0 Å². The van der Waals surface area contributed by atoms with E-state index in [1.54, 1.807) is 6.08 Å². The van der Waals surface area contributed by atoms with Crippen LogP contribution in [0.1, 0.15) is 30.0 Å². The second kappa shape index (κ2) is 7.67. The summed E-state index contributed by atoms with van der Waals surface area (Å²) in [7, 11) is 0. The lowest BCUT2D eigenvalue weighted by molar-refractivity contribution is -0.114. The van der Waals surface area contributed by atoms with Gasteiger partial charge in [-0.3, -0.25) is 10.2 Å². The Kier molecular flexibility index (Phi) is 4.82. The highest BCUT2D eigenvalue weighted by Crippen LogP contribution is 2.31. The van der Waals surface area contributed by atoms with Crippen molar-refractivity contribution in [2.75, 3.05) is 0 Å². The number of nitrogens with zero attached hydrogens (tertiary/aromatic N) is 4. The zero-order valence-electron chi connectivity index (χ0n) is 17.3. The van der Waals surface area contributed by atoms with Crippen LogP contribution in [-0.2, 0) is 11.3 Å². The molecule has 0 atom stereocenters. The Morgan fingerprint density at radius 1 is 1.13 bits per heavy atom. The van der Waals surface area contributed by atoms with Crippen molar-refractivity contribution in [2.45, 2.75) is 26.8 Å². The van der Waals surface area contributed by atoms with Crippen LogP contribution >= 0.6 is 11.8 Å². The highest BCUT2D eigenvalue weighted by Gasteiger charge is 2.35. The lowest BCUT2D eigenvalue weighted by Crippen LogP contribution is -2.35. The predicted molar refractivity (Wildman–Crippen MR) is 128 cm³/mol. The molecule has 1 aromatic heterocycles. The first-order chi connectivity index (χ1) is 15.0. The number of amidine groups is 2. The number of rotatable bonds is 4. The molecule has 0 fully saturated rings. The molecule has 0 unspecified atom stereocenters. The van der Waals surface area contributed by atoms with Crippen LogP contribution < -0.4 is 0 Å². The van der Waals surface area contributed by atoms with Crippen molar-refractivity contribution in [1.29, 1.82) is 5.41 Å². The minimum Gasteiger partial charge on any atom is -0.342 e. The fraction of sp³-hybridized carbons (Fsp3) is 0.167. The SMILES string of the molecule is CCC1=NN2C(=N)C(=Cc3cn(Cc4ccccc4C)c4ccccc34)C(=O)N=C2S1. The first-order valence-electron chi connectivity index (χ1n) is 10.2. The van der Waals surface area contributed by atoms with Crippen molar-refractivity contribution in [1.82, 2.24) is 9.58 Å². The van der Waals surface area contributed by atoms with Crippen LogP contribution in [0.3, 0.4) is 0 Å². The van der Waals surface area contributed by atoms with Crippen molar-refractivity contribution in [3.63, 3.8) is 0 Å². The van der Waals surface area contributed by atoms with Crippen LogP contribution in [-0.4, -0.2) is 31.5 Å². The number of amides is 1. The number of hydrogen-bond acceptors (Lipinski definition) is 4. The molecule has 0 saturated carbocycles. The lowest BCUT2D eigenvalue weighted by atomic mass is 10.1. The fourth-order valence-electron chi connectivity index (χ4n) is 3.82. The first-order valence-corrected chi connectivity index (χ1v) is 11.0. The van der Waals surface area contributed by atoms with Gasteiger partial charge in [0.2, 0.25) is 5.17 Å². The van der Waals surface area contributed by atoms with Gasteiger partial charge in [-0.05, 0) is 48.4 Å². The number of nitrogens with one attached hydrogen (secondary N) is 1. The predicted octanol–water partition coefficient (Wildman–Crippen LogP) is 5.03. The smallest absolute Gasteiger partial charge is 0.283 e. The number of thioether (sulfide) groups is 1. The van der Waals surface area contributed by atoms with E-state index in [0.717, 1.165) is 34.5 Å². The summed E-state index contributed by atoms with van der Waals surface area (Å²) in [4.78, 5) is 16.9. The third-order valence-corrected chi connectivity index (χ3v) is 6.57. The Labute approximate surface area is 184 Å². The van der Waals surface area contributed by atoms with Gasteiger partial charge in [0.15, 0.2) is 5.84 Å². The summed E-state index contributed by atoms with van der Waals surface area (Å²) in [6.45, 7) is 4.84. The van der Waals surface area contributed by atoms with E-state index >= 15 is 0 Å². The molecule has 1 N–H and O–H groups in total. The van der Waals surface area contributed by atoms with Crippen molar-refractivity contribution >= 4 is 50.7 Å². The largest absolute Gasteiger partial charge is 0.342 e. The summed E-state index contributed by atoms with van der Waals surface area (Å²) >= 11 is 1.35. The molecular formula is C24H21N5OS. The molecule has 5 rings (SSSR count). The number of hydrazone groups is 1. The quantitative estimate of drug-likeness (QED) is 0.594. The topological polar surface area (TPSA) is 73.8 Å². The summed E-state index contributed by atoms with van der Waals surface area (Å²) in [5.41, 5.74) is 4.71. The second-order valence-electron chi connectivity index (χ2n) is 7.52. The number of aliphatic imine (C=N–C) groups is 1. The Morgan fingerprint density at radius 2 is 1.90 bits per heavy atom. The molecule has 0 saturated heterocycles. The molecule has 0 spiro atoms. The Morgan fingerprint density at radius 3 is 2.71 bits per heavy atom. The van der Waals surface area contributed by atoms with Crippen LogP contribution in [0, 0.1) is 12.3 Å². The molecule has 7 heteroatoms. The summed E-state index contributed by atoms with van der Waals surface area (Å²) in [6.07, 6.45) is 4.56. The number of benzene rings is 2. The number of hydrogen-bond donors (Lipinski definition) is 1. The molecule has 3 aromatic rings. The van der Waals surface area contributed by atoms with E-state index in [1.807, 2.05) is 43.5 Å². The van der Waals surface area contributed by atoms with Gasteiger partial charge in [0, 0.05) is 29.2 Å². The number of carbonyl (C=O) groups is 1. The van der Waals surface area contributed by atoms with E-state index in [9.17, 15) is 4.79 Å². The van der Waals surface area contributed by atoms with Crippen molar-refractivity contribution < 1.29 is 4.79 Å². The van der Waals surface area contributed by atoms with Gasteiger partial charge in [-0.2, -0.15) is 15.1 Å². The fourth-order valence-corrected chi connectivity index (χ4v) is 4.65. The molecule has 0 aliphatic carbocycles. The summed E-state index contributed by atoms with van der Waals surface area (Å²) in [5.74, 6) is -0.325. The van der Waals surface area contributed by atoms with Crippen LogP contribution in [0.4, 0.5) is 0 Å². The molecule has 2 aliphatic heterocycles. The number of para-hydroxylation sites is 1. The van der Waals surface area contributed by atoms with E-state index < -0.39 is 5.91 Å². The van der Waals surface area contributed by atoms with Crippen LogP contribution in [0.2, 0.25) is 0 Å². The molecule has 2 aromatic carbocycles. The number of fused-ring (bicyclic) bond motifs is 2. The molecule has 6 nitrogen and oxygen atoms in total. The van der Waals surface area contributed by atoms with Gasteiger partial charge in [-0.15, -0.1) is 0 Å². The van der Waals surface area contributed by atoms with Gasteiger partial charge in [0.25, 0.3) is 5.91 Å². The zero-order valence-corrected chi connectivity index (χ0v) is 18.1. The Balaban J connectivity index is 1.58. The molecule has 0 radical (unpaired) electrons. The van der Waals surface area contributed by atoms with Gasteiger partial charge in [0.1, 0.15) is 5.04 Å². The average Bonchev–Trinajstić information content (AvgIpc) is 3.34. The molecule has 2 aliphatic rings. The van der Waals surface area contributed by atoms with E-state index in [-0.39, 0.29) is 11.4 Å².